The summed E-state index contributed by atoms with van der Waals surface area (Å²) >= 11 is 0. The number of hydrogen-bond acceptors (Lipinski definition) is 5. The molecule has 0 radical (unpaired) electrons. The van der Waals surface area contributed by atoms with Crippen LogP contribution in [0.15, 0.2) is 24.3 Å². The van der Waals surface area contributed by atoms with Crippen LogP contribution in [0.3, 0.4) is 0 Å². The number of ether oxygens (including phenoxy) is 1. The van der Waals surface area contributed by atoms with E-state index in [1.165, 1.54) is 0 Å². The molecule has 0 saturated carbocycles. The SMILES string of the molecule is COc1ccccc1C1CCNc2nc(CC(=O)O)nn21. The van der Waals surface area contributed by atoms with Gasteiger partial charge in [-0.15, -0.1) is 0 Å². The number of fused-ring (bicyclic) bond motifs is 1. The zero-order valence-corrected chi connectivity index (χ0v) is 11.6. The Kier molecular flexibility index (Phi) is 3.47. The smallest absolute Gasteiger partial charge is 0.311 e. The first-order valence-electron chi connectivity index (χ1n) is 6.73. The minimum atomic E-state index is -0.938. The third kappa shape index (κ3) is 2.54. The number of carboxylic acid groups (broad SMARTS) is 1. The van der Waals surface area contributed by atoms with Gasteiger partial charge in [-0.1, -0.05) is 18.2 Å². The number of rotatable bonds is 4. The fourth-order valence-electron chi connectivity index (χ4n) is 2.59. The summed E-state index contributed by atoms with van der Waals surface area (Å²) in [6.45, 7) is 0.758. The van der Waals surface area contributed by atoms with Crippen molar-refractivity contribution in [3.05, 3.63) is 35.7 Å². The average Bonchev–Trinajstić information content (AvgIpc) is 2.88. The van der Waals surface area contributed by atoms with Gasteiger partial charge in [-0.2, -0.15) is 10.1 Å². The van der Waals surface area contributed by atoms with Gasteiger partial charge >= 0.3 is 5.97 Å². The second-order valence-corrected chi connectivity index (χ2v) is 4.84. The lowest BCUT2D eigenvalue weighted by atomic mass is 10.0. The molecule has 110 valence electrons. The van der Waals surface area contributed by atoms with E-state index in [4.69, 9.17) is 9.84 Å². The first kappa shape index (κ1) is 13.4. The maximum Gasteiger partial charge on any atom is 0.311 e. The van der Waals surface area contributed by atoms with Crippen LogP contribution in [0.5, 0.6) is 5.75 Å². The predicted octanol–water partition coefficient (Wildman–Crippen LogP) is 1.32. The Balaban J connectivity index is 2.00. The molecule has 7 nitrogen and oxygen atoms in total. The number of hydrogen-bond donors (Lipinski definition) is 2. The van der Waals surface area contributed by atoms with Crippen LogP contribution < -0.4 is 10.1 Å². The van der Waals surface area contributed by atoms with E-state index in [2.05, 4.69) is 15.4 Å². The van der Waals surface area contributed by atoms with Gasteiger partial charge < -0.3 is 15.2 Å². The second kappa shape index (κ2) is 5.43. The molecule has 0 saturated heterocycles. The molecule has 21 heavy (non-hydrogen) atoms. The first-order chi connectivity index (χ1) is 10.2. The molecule has 2 aromatic rings. The summed E-state index contributed by atoms with van der Waals surface area (Å²) in [5, 5.41) is 16.3. The van der Waals surface area contributed by atoms with E-state index in [-0.39, 0.29) is 12.5 Å². The molecule has 7 heteroatoms. The molecule has 3 rings (SSSR count). The van der Waals surface area contributed by atoms with Gasteiger partial charge in [0.05, 0.1) is 13.2 Å². The first-order valence-corrected chi connectivity index (χ1v) is 6.73. The lowest BCUT2D eigenvalue weighted by molar-refractivity contribution is -0.136. The highest BCUT2D eigenvalue weighted by Gasteiger charge is 2.26. The van der Waals surface area contributed by atoms with Gasteiger partial charge in [0, 0.05) is 12.1 Å². The molecule has 2 heterocycles. The lowest BCUT2D eigenvalue weighted by Gasteiger charge is -2.25. The molecule has 0 bridgehead atoms. The molecular weight excluding hydrogens is 272 g/mol. The van der Waals surface area contributed by atoms with Crippen molar-refractivity contribution in [1.29, 1.82) is 0 Å². The molecule has 0 aliphatic carbocycles. The minimum absolute atomic E-state index is 0.00700. The van der Waals surface area contributed by atoms with Crippen LogP contribution in [0.2, 0.25) is 0 Å². The molecular formula is C14H16N4O3. The number of anilines is 1. The van der Waals surface area contributed by atoms with Crippen molar-refractivity contribution >= 4 is 11.9 Å². The van der Waals surface area contributed by atoms with Crippen LogP contribution in [0, 0.1) is 0 Å². The fraction of sp³-hybridized carbons (Fsp3) is 0.357. The molecule has 0 fully saturated rings. The van der Waals surface area contributed by atoms with Crippen LogP contribution in [-0.2, 0) is 11.2 Å². The van der Waals surface area contributed by atoms with Crippen LogP contribution in [0.4, 0.5) is 5.95 Å². The molecule has 1 aliphatic rings. The number of aliphatic carboxylic acids is 1. The minimum Gasteiger partial charge on any atom is -0.496 e. The second-order valence-electron chi connectivity index (χ2n) is 4.84. The van der Waals surface area contributed by atoms with Crippen molar-refractivity contribution in [3.8, 4) is 5.75 Å². The maximum absolute atomic E-state index is 10.8. The summed E-state index contributed by atoms with van der Waals surface area (Å²) in [6, 6.07) is 7.77. The van der Waals surface area contributed by atoms with E-state index in [0.717, 1.165) is 24.3 Å². The molecule has 2 N–H and O–H groups in total. The molecule has 0 spiro atoms. The standard InChI is InChI=1S/C14H16N4O3/c1-21-11-5-3-2-4-9(11)10-6-7-15-14-16-12(8-13(19)20)17-18(10)14/h2-5,10H,6-8H2,1H3,(H,19,20)(H,15,16,17). The van der Waals surface area contributed by atoms with Crippen LogP contribution >= 0.6 is 0 Å². The zero-order chi connectivity index (χ0) is 14.8. The summed E-state index contributed by atoms with van der Waals surface area (Å²) in [5.74, 6) is 0.776. The topological polar surface area (TPSA) is 89.3 Å². The van der Waals surface area contributed by atoms with E-state index in [1.807, 2.05) is 24.3 Å². The Labute approximate surface area is 121 Å². The highest BCUT2D eigenvalue weighted by molar-refractivity contribution is 5.69. The zero-order valence-electron chi connectivity index (χ0n) is 11.6. The Hall–Kier alpha value is -2.57. The van der Waals surface area contributed by atoms with Crippen molar-refractivity contribution < 1.29 is 14.6 Å². The van der Waals surface area contributed by atoms with Crippen LogP contribution in [0.1, 0.15) is 23.9 Å². The van der Waals surface area contributed by atoms with Crippen LogP contribution in [-0.4, -0.2) is 39.5 Å². The van der Waals surface area contributed by atoms with Crippen molar-refractivity contribution in [1.82, 2.24) is 14.8 Å². The normalized spacial score (nSPS) is 16.9. The monoisotopic (exact) mass is 288 g/mol. The number of carboxylic acids is 1. The third-order valence-corrected chi connectivity index (χ3v) is 3.48. The number of nitrogens with one attached hydrogen (secondary N) is 1. The number of benzene rings is 1. The largest absolute Gasteiger partial charge is 0.496 e. The Morgan fingerprint density at radius 2 is 2.33 bits per heavy atom. The van der Waals surface area contributed by atoms with Gasteiger partial charge in [-0.3, -0.25) is 4.79 Å². The predicted molar refractivity (Wildman–Crippen MR) is 75.6 cm³/mol. The lowest BCUT2D eigenvalue weighted by Crippen LogP contribution is -2.25. The van der Waals surface area contributed by atoms with Crippen molar-refractivity contribution in [3.63, 3.8) is 0 Å². The van der Waals surface area contributed by atoms with E-state index in [1.54, 1.807) is 11.8 Å². The maximum atomic E-state index is 10.8. The molecule has 1 aliphatic heterocycles. The number of carbonyl (C=O) groups is 1. The number of nitrogens with zero attached hydrogens (tertiary/aromatic N) is 3. The summed E-state index contributed by atoms with van der Waals surface area (Å²) in [5.41, 5.74) is 1.02. The van der Waals surface area contributed by atoms with Crippen molar-refractivity contribution in [2.75, 3.05) is 19.0 Å². The Morgan fingerprint density at radius 1 is 1.52 bits per heavy atom. The highest BCUT2D eigenvalue weighted by atomic mass is 16.5. The van der Waals surface area contributed by atoms with E-state index >= 15 is 0 Å². The van der Waals surface area contributed by atoms with Gasteiger partial charge in [0.1, 0.15) is 12.2 Å². The van der Waals surface area contributed by atoms with Gasteiger partial charge in [0.15, 0.2) is 5.82 Å². The Morgan fingerprint density at radius 3 is 3.10 bits per heavy atom. The average molecular weight is 288 g/mol. The van der Waals surface area contributed by atoms with Gasteiger partial charge in [0.2, 0.25) is 5.95 Å². The molecule has 0 amide bonds. The quantitative estimate of drug-likeness (QED) is 0.882. The van der Waals surface area contributed by atoms with E-state index in [0.29, 0.717) is 11.8 Å². The number of para-hydroxylation sites is 1. The fourth-order valence-corrected chi connectivity index (χ4v) is 2.59. The number of aromatic nitrogens is 3. The van der Waals surface area contributed by atoms with Crippen molar-refractivity contribution in [2.24, 2.45) is 0 Å². The summed E-state index contributed by atoms with van der Waals surface area (Å²) < 4.78 is 7.16. The summed E-state index contributed by atoms with van der Waals surface area (Å²) in [4.78, 5) is 15.0. The van der Waals surface area contributed by atoms with Crippen molar-refractivity contribution in [2.45, 2.75) is 18.9 Å². The molecule has 1 unspecified atom stereocenters. The summed E-state index contributed by atoms with van der Waals surface area (Å²) in [7, 11) is 1.64. The molecule has 1 aromatic heterocycles. The highest BCUT2D eigenvalue weighted by Crippen LogP contribution is 2.33. The number of methoxy groups -OCH3 is 1. The molecule has 1 atom stereocenters. The van der Waals surface area contributed by atoms with Gasteiger partial charge in [-0.05, 0) is 12.5 Å². The molecule has 1 aromatic carbocycles. The van der Waals surface area contributed by atoms with Gasteiger partial charge in [0.25, 0.3) is 0 Å². The Bertz CT molecular complexity index is 668. The van der Waals surface area contributed by atoms with Gasteiger partial charge in [-0.25, -0.2) is 4.68 Å². The summed E-state index contributed by atoms with van der Waals surface area (Å²) in [6.07, 6.45) is 0.656. The van der Waals surface area contributed by atoms with E-state index in [9.17, 15) is 4.79 Å². The van der Waals surface area contributed by atoms with E-state index < -0.39 is 5.97 Å². The van der Waals surface area contributed by atoms with Crippen LogP contribution in [0.25, 0.3) is 0 Å². The third-order valence-electron chi connectivity index (χ3n) is 3.48.